The Balaban J connectivity index is 1.66. The van der Waals surface area contributed by atoms with Crippen LogP contribution < -0.4 is 14.5 Å². The first-order chi connectivity index (χ1) is 9.36. The Morgan fingerprint density at radius 1 is 1.11 bits per heavy atom. The van der Waals surface area contributed by atoms with Crippen molar-refractivity contribution in [2.24, 2.45) is 0 Å². The maximum absolute atomic E-state index is 5.13. The maximum Gasteiger partial charge on any atom is 0.228 e. The third-order valence-corrected chi connectivity index (χ3v) is 3.91. The Hall–Kier alpha value is -1.89. The molecule has 7 heteroatoms. The van der Waals surface area contributed by atoms with E-state index in [-0.39, 0.29) is 0 Å². The number of anilines is 2. The molecule has 0 radical (unpaired) electrons. The molecule has 6 nitrogen and oxygen atoms in total. The quantitative estimate of drug-likeness (QED) is 0.842. The van der Waals surface area contributed by atoms with E-state index in [1.165, 1.54) is 0 Å². The molecule has 0 N–H and O–H groups in total. The van der Waals surface area contributed by atoms with Crippen LogP contribution in [0.4, 0.5) is 11.1 Å². The molecule has 1 saturated heterocycles. The second-order valence-electron chi connectivity index (χ2n) is 4.19. The number of methoxy groups -OCH3 is 1. The highest BCUT2D eigenvalue weighted by Crippen LogP contribution is 2.20. The maximum atomic E-state index is 5.13. The summed E-state index contributed by atoms with van der Waals surface area (Å²) in [7, 11) is 1.62. The molecule has 3 heterocycles. The van der Waals surface area contributed by atoms with Gasteiger partial charge in [0.2, 0.25) is 11.8 Å². The predicted octanol–water partition coefficient (Wildman–Crippen LogP) is 1.27. The fraction of sp³-hybridized carbons (Fsp3) is 0.417. The molecule has 3 rings (SSSR count). The van der Waals surface area contributed by atoms with Crippen molar-refractivity contribution in [3.05, 3.63) is 23.8 Å². The molecule has 1 aliphatic rings. The Morgan fingerprint density at radius 2 is 1.89 bits per heavy atom. The van der Waals surface area contributed by atoms with E-state index < -0.39 is 0 Å². The summed E-state index contributed by atoms with van der Waals surface area (Å²) < 4.78 is 5.13. The van der Waals surface area contributed by atoms with Gasteiger partial charge in [0, 0.05) is 50.0 Å². The third kappa shape index (κ3) is 2.60. The first-order valence-corrected chi connectivity index (χ1v) is 7.01. The Bertz CT molecular complexity index is 525. The highest BCUT2D eigenvalue weighted by Gasteiger charge is 2.20. The van der Waals surface area contributed by atoms with Gasteiger partial charge in [-0.05, 0) is 0 Å². The van der Waals surface area contributed by atoms with Crippen LogP contribution in [0.5, 0.6) is 5.88 Å². The summed E-state index contributed by atoms with van der Waals surface area (Å²) in [6.45, 7) is 3.67. The van der Waals surface area contributed by atoms with Crippen molar-refractivity contribution in [1.82, 2.24) is 15.0 Å². The summed E-state index contributed by atoms with van der Waals surface area (Å²) in [5.74, 6) is 1.34. The molecule has 0 atom stereocenters. The van der Waals surface area contributed by atoms with Gasteiger partial charge in [-0.2, -0.15) is 4.98 Å². The summed E-state index contributed by atoms with van der Waals surface area (Å²) in [5, 5.41) is 3.10. The van der Waals surface area contributed by atoms with Crippen LogP contribution >= 0.6 is 11.3 Å². The van der Waals surface area contributed by atoms with Gasteiger partial charge in [0.15, 0.2) is 5.13 Å². The lowest BCUT2D eigenvalue weighted by Gasteiger charge is -2.34. The standard InChI is InChI=1S/C12H15N5OS/c1-18-10-2-3-13-11(15-10)16-5-7-17(8-6-16)12-14-4-9-19-12/h2-4,9H,5-8H2,1H3. The van der Waals surface area contributed by atoms with Crippen LogP contribution in [-0.2, 0) is 0 Å². The molecule has 0 spiro atoms. The van der Waals surface area contributed by atoms with Crippen LogP contribution in [0, 0.1) is 0 Å². The van der Waals surface area contributed by atoms with Crippen molar-refractivity contribution in [3.63, 3.8) is 0 Å². The minimum Gasteiger partial charge on any atom is -0.481 e. The molecule has 1 aliphatic heterocycles. The van der Waals surface area contributed by atoms with E-state index in [9.17, 15) is 0 Å². The Kier molecular flexibility index (Phi) is 3.45. The fourth-order valence-electron chi connectivity index (χ4n) is 2.07. The molecule has 19 heavy (non-hydrogen) atoms. The molecule has 100 valence electrons. The highest BCUT2D eigenvalue weighted by molar-refractivity contribution is 7.13. The lowest BCUT2D eigenvalue weighted by molar-refractivity contribution is 0.396. The van der Waals surface area contributed by atoms with Gasteiger partial charge in [-0.3, -0.25) is 0 Å². The molecule has 0 amide bonds. The average molecular weight is 277 g/mol. The smallest absolute Gasteiger partial charge is 0.228 e. The number of piperazine rings is 1. The molecule has 0 aliphatic carbocycles. The van der Waals surface area contributed by atoms with E-state index in [0.717, 1.165) is 37.3 Å². The summed E-state index contributed by atoms with van der Waals surface area (Å²) in [6.07, 6.45) is 3.58. The lowest BCUT2D eigenvalue weighted by Crippen LogP contribution is -2.47. The van der Waals surface area contributed by atoms with Gasteiger partial charge in [0.05, 0.1) is 7.11 Å². The highest BCUT2D eigenvalue weighted by atomic mass is 32.1. The van der Waals surface area contributed by atoms with Gasteiger partial charge in [0.25, 0.3) is 0 Å². The number of hydrogen-bond donors (Lipinski definition) is 0. The molecule has 0 bridgehead atoms. The van der Waals surface area contributed by atoms with E-state index in [0.29, 0.717) is 5.88 Å². The van der Waals surface area contributed by atoms with E-state index >= 15 is 0 Å². The second kappa shape index (κ2) is 5.40. The molecule has 2 aromatic heterocycles. The number of ether oxygens (including phenoxy) is 1. The number of aromatic nitrogens is 3. The summed E-state index contributed by atoms with van der Waals surface area (Å²) in [5.41, 5.74) is 0. The zero-order valence-corrected chi connectivity index (χ0v) is 11.5. The van der Waals surface area contributed by atoms with E-state index in [1.807, 2.05) is 11.6 Å². The van der Waals surface area contributed by atoms with Crippen molar-refractivity contribution < 1.29 is 4.74 Å². The van der Waals surface area contributed by atoms with Gasteiger partial charge >= 0.3 is 0 Å². The first-order valence-electron chi connectivity index (χ1n) is 6.13. The number of rotatable bonds is 3. The van der Waals surface area contributed by atoms with Crippen LogP contribution in [0.1, 0.15) is 0 Å². The Labute approximate surface area is 115 Å². The van der Waals surface area contributed by atoms with Gasteiger partial charge in [0.1, 0.15) is 0 Å². The SMILES string of the molecule is COc1ccnc(N2CCN(c3nccs3)CC2)n1. The third-order valence-electron chi connectivity index (χ3n) is 3.08. The number of nitrogens with zero attached hydrogens (tertiary/aromatic N) is 5. The van der Waals surface area contributed by atoms with E-state index in [1.54, 1.807) is 30.7 Å². The van der Waals surface area contributed by atoms with Crippen molar-refractivity contribution in [3.8, 4) is 5.88 Å². The van der Waals surface area contributed by atoms with Gasteiger partial charge in [-0.25, -0.2) is 9.97 Å². The van der Waals surface area contributed by atoms with Crippen molar-refractivity contribution in [1.29, 1.82) is 0 Å². The van der Waals surface area contributed by atoms with Gasteiger partial charge in [-0.15, -0.1) is 11.3 Å². The zero-order chi connectivity index (χ0) is 13.1. The van der Waals surface area contributed by atoms with E-state index in [2.05, 4.69) is 24.8 Å². The average Bonchev–Trinajstić information content (AvgIpc) is 3.02. The van der Waals surface area contributed by atoms with Crippen LogP contribution in [0.15, 0.2) is 23.8 Å². The first kappa shape index (κ1) is 12.2. The van der Waals surface area contributed by atoms with Crippen LogP contribution in [0.2, 0.25) is 0 Å². The number of thiazole rings is 1. The zero-order valence-electron chi connectivity index (χ0n) is 10.7. The van der Waals surface area contributed by atoms with Crippen molar-refractivity contribution in [2.45, 2.75) is 0 Å². The Morgan fingerprint density at radius 3 is 2.58 bits per heavy atom. The molecule has 0 saturated carbocycles. The molecular formula is C12H15N5OS. The predicted molar refractivity (Wildman–Crippen MR) is 75.1 cm³/mol. The monoisotopic (exact) mass is 277 g/mol. The fourth-order valence-corrected chi connectivity index (χ4v) is 2.77. The molecule has 1 fully saturated rings. The minimum absolute atomic E-state index is 0.604. The second-order valence-corrected chi connectivity index (χ2v) is 5.06. The number of hydrogen-bond acceptors (Lipinski definition) is 7. The molecule has 0 unspecified atom stereocenters. The molecule has 0 aromatic carbocycles. The normalized spacial score (nSPS) is 15.6. The van der Waals surface area contributed by atoms with Crippen LogP contribution in [0.3, 0.4) is 0 Å². The van der Waals surface area contributed by atoms with Gasteiger partial charge < -0.3 is 14.5 Å². The van der Waals surface area contributed by atoms with Crippen molar-refractivity contribution in [2.75, 3.05) is 43.1 Å². The van der Waals surface area contributed by atoms with E-state index in [4.69, 9.17) is 4.74 Å². The summed E-state index contributed by atoms with van der Waals surface area (Å²) in [6, 6.07) is 1.76. The van der Waals surface area contributed by atoms with Gasteiger partial charge in [-0.1, -0.05) is 0 Å². The van der Waals surface area contributed by atoms with Crippen molar-refractivity contribution >= 4 is 22.4 Å². The summed E-state index contributed by atoms with van der Waals surface area (Å²) >= 11 is 1.68. The molecular weight excluding hydrogens is 262 g/mol. The van der Waals surface area contributed by atoms with Crippen LogP contribution in [-0.4, -0.2) is 48.2 Å². The summed E-state index contributed by atoms with van der Waals surface area (Å²) in [4.78, 5) is 17.5. The largest absolute Gasteiger partial charge is 0.481 e. The molecule has 2 aromatic rings. The van der Waals surface area contributed by atoms with Crippen LogP contribution in [0.25, 0.3) is 0 Å². The lowest BCUT2D eigenvalue weighted by atomic mass is 10.3. The topological polar surface area (TPSA) is 54.4 Å². The minimum atomic E-state index is 0.604.